The molecule has 142 valence electrons. The standard InChI is InChI=1S/C23H14N6S/c1-2-14-15-9-19(26-17(15)3-1)23-22-18(28-29-23)5-4-16(27-22)12-8-13(11-24-10-12)25-21-7-6-20(14)30-21/h1-11,25,28-29H. The molecular formula is C23H14N6S. The highest BCUT2D eigenvalue weighted by Gasteiger charge is 2.14. The molecule has 4 aromatic heterocycles. The Kier molecular flexibility index (Phi) is 3.06. The Balaban J connectivity index is 1.75. The van der Waals surface area contributed by atoms with E-state index < -0.39 is 0 Å². The molecule has 0 saturated heterocycles. The number of hydrogen-bond donors (Lipinski definition) is 3. The van der Waals surface area contributed by atoms with Crippen LogP contribution in [0.1, 0.15) is 0 Å². The van der Waals surface area contributed by atoms with Crippen LogP contribution in [0.25, 0.3) is 64.7 Å². The minimum atomic E-state index is 0.864. The highest BCUT2D eigenvalue weighted by Crippen LogP contribution is 2.32. The first-order valence-corrected chi connectivity index (χ1v) is 10.4. The Hall–Kier alpha value is -3.97. The summed E-state index contributed by atoms with van der Waals surface area (Å²) in [7, 11) is 0. The van der Waals surface area contributed by atoms with E-state index in [0.29, 0.717) is 0 Å². The van der Waals surface area contributed by atoms with Crippen molar-refractivity contribution in [2.45, 2.75) is 0 Å². The molecule has 0 aliphatic carbocycles. The van der Waals surface area contributed by atoms with Crippen LogP contribution < -0.4 is 0 Å². The predicted octanol–water partition coefficient (Wildman–Crippen LogP) is 5.91. The Morgan fingerprint density at radius 2 is 1.77 bits per heavy atom. The highest BCUT2D eigenvalue weighted by molar-refractivity contribution is 7.23. The van der Waals surface area contributed by atoms with Gasteiger partial charge in [-0.1, -0.05) is 12.1 Å². The van der Waals surface area contributed by atoms with E-state index in [2.05, 4.69) is 62.6 Å². The van der Waals surface area contributed by atoms with Crippen LogP contribution in [0.4, 0.5) is 0 Å². The maximum Gasteiger partial charge on any atom is 0.116 e. The zero-order chi connectivity index (χ0) is 19.7. The van der Waals surface area contributed by atoms with Crippen LogP contribution >= 0.6 is 11.3 Å². The minimum absolute atomic E-state index is 0.864. The van der Waals surface area contributed by atoms with Gasteiger partial charge in [-0.05, 0) is 42.5 Å². The lowest BCUT2D eigenvalue weighted by molar-refractivity contribution is 1.13. The number of nitrogens with one attached hydrogen (secondary N) is 3. The van der Waals surface area contributed by atoms with Gasteiger partial charge in [-0.25, -0.2) is 9.97 Å². The molecule has 6 heterocycles. The van der Waals surface area contributed by atoms with Crippen molar-refractivity contribution < 1.29 is 0 Å². The van der Waals surface area contributed by atoms with Gasteiger partial charge in [0.25, 0.3) is 0 Å². The van der Waals surface area contributed by atoms with E-state index in [4.69, 9.17) is 9.97 Å². The summed E-state index contributed by atoms with van der Waals surface area (Å²) >= 11 is 1.72. The molecule has 0 atom stereocenters. The van der Waals surface area contributed by atoms with Gasteiger partial charge in [0, 0.05) is 27.1 Å². The summed E-state index contributed by atoms with van der Waals surface area (Å²) in [6.45, 7) is 0. The number of pyridine rings is 2. The molecule has 2 aliphatic heterocycles. The van der Waals surface area contributed by atoms with E-state index in [9.17, 15) is 0 Å². The molecule has 7 heteroatoms. The van der Waals surface area contributed by atoms with Crippen LogP contribution in [-0.2, 0) is 0 Å². The molecule has 0 radical (unpaired) electrons. The van der Waals surface area contributed by atoms with E-state index in [1.165, 1.54) is 10.1 Å². The van der Waals surface area contributed by atoms with Gasteiger partial charge in [0.15, 0.2) is 0 Å². The lowest BCUT2D eigenvalue weighted by atomic mass is 10.1. The molecule has 0 fully saturated rings. The maximum atomic E-state index is 4.94. The molecular weight excluding hydrogens is 392 g/mol. The summed E-state index contributed by atoms with van der Waals surface area (Å²) in [5.41, 5.74) is 6.35. The smallest absolute Gasteiger partial charge is 0.116 e. The molecule has 0 amide bonds. The van der Waals surface area contributed by atoms with Crippen molar-refractivity contribution in [3.05, 3.63) is 67.0 Å². The predicted molar refractivity (Wildman–Crippen MR) is 123 cm³/mol. The van der Waals surface area contributed by atoms with Gasteiger partial charge in [-0.3, -0.25) is 15.2 Å². The molecule has 7 rings (SSSR count). The van der Waals surface area contributed by atoms with Crippen molar-refractivity contribution in [3.63, 3.8) is 0 Å². The maximum absolute atomic E-state index is 4.94. The van der Waals surface area contributed by atoms with Gasteiger partial charge in [-0.2, -0.15) is 0 Å². The Bertz CT molecular complexity index is 1760. The summed E-state index contributed by atoms with van der Waals surface area (Å²) < 4.78 is 1.20. The monoisotopic (exact) mass is 406 g/mol. The number of thiophene rings is 1. The van der Waals surface area contributed by atoms with Crippen molar-refractivity contribution in [1.29, 1.82) is 0 Å². The molecule has 0 spiro atoms. The molecule has 5 aromatic rings. The first kappa shape index (κ1) is 15.9. The molecule has 30 heavy (non-hydrogen) atoms. The number of rotatable bonds is 0. The van der Waals surface area contributed by atoms with E-state index >= 15 is 0 Å². The quantitative estimate of drug-likeness (QED) is 0.292. The number of benzene rings is 1. The second kappa shape index (κ2) is 5.77. The molecule has 0 saturated carbocycles. The summed E-state index contributed by atoms with van der Waals surface area (Å²) in [5, 5.41) is 9.77. The third kappa shape index (κ3) is 2.26. The van der Waals surface area contributed by atoms with Crippen molar-refractivity contribution in [1.82, 2.24) is 30.1 Å². The average molecular weight is 406 g/mol. The third-order valence-corrected chi connectivity index (χ3v) is 6.52. The number of hydrogen-bond acceptors (Lipinski definition) is 4. The highest BCUT2D eigenvalue weighted by atomic mass is 32.1. The van der Waals surface area contributed by atoms with Crippen LogP contribution in [0.2, 0.25) is 0 Å². The second-order valence-corrected chi connectivity index (χ2v) is 8.43. The zero-order valence-corrected chi connectivity index (χ0v) is 16.4. The lowest BCUT2D eigenvalue weighted by Gasteiger charge is -1.98. The number of nitrogens with zero attached hydrogens (tertiary/aromatic N) is 3. The molecule has 0 unspecified atom stereocenters. The van der Waals surface area contributed by atoms with Gasteiger partial charge in [0.05, 0.1) is 38.6 Å². The first-order chi connectivity index (χ1) is 14.8. The van der Waals surface area contributed by atoms with Crippen molar-refractivity contribution in [3.8, 4) is 11.4 Å². The van der Waals surface area contributed by atoms with E-state index in [1.54, 1.807) is 11.3 Å². The van der Waals surface area contributed by atoms with Crippen LogP contribution in [0, 0.1) is 0 Å². The van der Waals surface area contributed by atoms with Crippen molar-refractivity contribution in [2.75, 3.05) is 0 Å². The summed E-state index contributed by atoms with van der Waals surface area (Å²) in [6.07, 6.45) is 3.68. The van der Waals surface area contributed by atoms with Crippen LogP contribution in [-0.4, -0.2) is 30.1 Å². The van der Waals surface area contributed by atoms with Crippen LogP contribution in [0.5, 0.6) is 0 Å². The largest absolute Gasteiger partial charge is 0.346 e. The van der Waals surface area contributed by atoms with Crippen LogP contribution in [0.15, 0.2) is 67.0 Å². The first-order valence-electron chi connectivity index (χ1n) is 9.62. The van der Waals surface area contributed by atoms with Crippen molar-refractivity contribution in [2.24, 2.45) is 0 Å². The SMILES string of the molecule is c1cc2nc3cc2c(c1)c1ccc([nH]c2cncc(c2)c2ccc4[nH][nH]c3-c4n2)s1. The number of H-pyrrole nitrogens is 3. The Morgan fingerprint density at radius 3 is 2.77 bits per heavy atom. The van der Waals surface area contributed by atoms with Gasteiger partial charge in [0.1, 0.15) is 11.4 Å². The molecule has 6 nitrogen and oxygen atoms in total. The number of aromatic nitrogens is 6. The molecule has 8 bridgehead atoms. The molecule has 1 aromatic carbocycles. The molecule has 3 N–H and O–H groups in total. The summed E-state index contributed by atoms with van der Waals surface area (Å²) in [6, 6.07) is 18.8. The zero-order valence-electron chi connectivity index (χ0n) is 15.6. The fourth-order valence-corrected chi connectivity index (χ4v) is 5.04. The average Bonchev–Trinajstić information content (AvgIpc) is 3.50. The Labute approximate surface area is 173 Å². The van der Waals surface area contributed by atoms with E-state index in [-0.39, 0.29) is 0 Å². The molecule has 2 aliphatic rings. The van der Waals surface area contributed by atoms with E-state index in [1.807, 2.05) is 24.5 Å². The second-order valence-electron chi connectivity index (χ2n) is 7.35. The fourth-order valence-electron chi connectivity index (χ4n) is 4.07. The minimum Gasteiger partial charge on any atom is -0.346 e. The van der Waals surface area contributed by atoms with E-state index in [0.717, 1.165) is 54.6 Å². The van der Waals surface area contributed by atoms with Crippen molar-refractivity contribution >= 4 is 64.6 Å². The third-order valence-electron chi connectivity index (χ3n) is 5.49. The summed E-state index contributed by atoms with van der Waals surface area (Å²) in [4.78, 5) is 18.8. The van der Waals surface area contributed by atoms with Gasteiger partial charge < -0.3 is 4.98 Å². The number of fused-ring (bicyclic) bond motifs is 9. The van der Waals surface area contributed by atoms with Gasteiger partial charge >= 0.3 is 0 Å². The van der Waals surface area contributed by atoms with Gasteiger partial charge in [-0.15, -0.1) is 11.3 Å². The summed E-state index contributed by atoms with van der Waals surface area (Å²) in [5.74, 6) is 0. The lowest BCUT2D eigenvalue weighted by Crippen LogP contribution is -1.84. The Morgan fingerprint density at radius 1 is 0.767 bits per heavy atom. The fraction of sp³-hybridized carbons (Fsp3) is 0. The van der Waals surface area contributed by atoms with Gasteiger partial charge in [0.2, 0.25) is 0 Å². The topological polar surface area (TPSA) is 86.0 Å². The van der Waals surface area contributed by atoms with Crippen LogP contribution in [0.3, 0.4) is 0 Å². The normalized spacial score (nSPS) is 12.0. The number of aromatic amines is 3.